The van der Waals surface area contributed by atoms with Crippen LogP contribution in [0, 0.1) is 0 Å². The molecule has 2 atom stereocenters. The minimum Gasteiger partial charge on any atom is -0.392 e. The van der Waals surface area contributed by atoms with Crippen molar-refractivity contribution in [3.8, 4) is 0 Å². The molecule has 0 amide bonds. The third kappa shape index (κ3) is 1.43. The Bertz CT molecular complexity index is 410. The summed E-state index contributed by atoms with van der Waals surface area (Å²) in [5.41, 5.74) is 0. The van der Waals surface area contributed by atoms with Gasteiger partial charge in [-0.15, -0.1) is 0 Å². The first-order chi connectivity index (χ1) is 8.37. The van der Waals surface area contributed by atoms with Gasteiger partial charge < -0.3 is 10.0 Å². The van der Waals surface area contributed by atoms with Crippen LogP contribution in [0.3, 0.4) is 0 Å². The van der Waals surface area contributed by atoms with E-state index in [0.29, 0.717) is 6.92 Å². The van der Waals surface area contributed by atoms with E-state index in [1.807, 2.05) is 0 Å². The van der Waals surface area contributed by atoms with Crippen LogP contribution in [-0.4, -0.2) is 35.6 Å². The maximum atomic E-state index is 9.72. The van der Waals surface area contributed by atoms with E-state index in [1.165, 1.54) is 0 Å². The zero-order chi connectivity index (χ0) is 16.6. The highest BCUT2D eigenvalue weighted by Gasteiger charge is 2.24. The van der Waals surface area contributed by atoms with Crippen LogP contribution in [0.1, 0.15) is 34.7 Å². The van der Waals surface area contributed by atoms with Crippen molar-refractivity contribution in [3.05, 3.63) is 0 Å². The van der Waals surface area contributed by atoms with Gasteiger partial charge in [0.25, 0.3) is 0 Å². The molecule has 0 saturated carbocycles. The van der Waals surface area contributed by atoms with Gasteiger partial charge in [-0.25, -0.2) is 0 Å². The molecule has 0 aromatic heterocycles. The molecule has 0 radical (unpaired) electrons. The molecule has 1 aliphatic rings. The first-order valence-electron chi connectivity index (χ1n) is 7.89. The lowest BCUT2D eigenvalue weighted by atomic mass is 10.1. The lowest BCUT2D eigenvalue weighted by Crippen LogP contribution is -2.34. The summed E-state index contributed by atoms with van der Waals surface area (Å²) in [5, 5.41) is 9.72. The third-order valence-corrected chi connectivity index (χ3v) is 0.915. The molecule has 1 rings (SSSR count). The highest BCUT2D eigenvalue weighted by molar-refractivity contribution is 4.79. The number of aliphatic hydroxyl groups is 1. The minimum atomic E-state index is -3.46. The zero-order valence-corrected chi connectivity index (χ0v) is 4.89. The van der Waals surface area contributed by atoms with E-state index in [0.717, 1.165) is 0 Å². The third-order valence-electron chi connectivity index (χ3n) is 0.915. The monoisotopic (exact) mass is 140 g/mol. The first-order valence-corrected chi connectivity index (χ1v) is 2.39. The fourth-order valence-electron chi connectivity index (χ4n) is 0.507. The van der Waals surface area contributed by atoms with Gasteiger partial charge in [-0.2, -0.15) is 0 Å². The first kappa shape index (κ1) is 1.41. The van der Waals surface area contributed by atoms with Crippen molar-refractivity contribution in [1.82, 2.24) is 4.90 Å². The SMILES string of the molecule is [2H]C([2H])([2H])N1C([2H])([2H])C([2H])([2H])C([2H])([2H])C1([2H])C([2H])(C)O. The largest absolute Gasteiger partial charge is 0.392 e. The Balaban J connectivity index is 3.79. The molecule has 2 unspecified atom stereocenters. The van der Waals surface area contributed by atoms with Gasteiger partial charge in [0.05, 0.1) is 7.45 Å². The Morgan fingerprint density at radius 1 is 2.22 bits per heavy atom. The summed E-state index contributed by atoms with van der Waals surface area (Å²) in [6, 6.07) is -3.38. The van der Waals surface area contributed by atoms with Crippen molar-refractivity contribution >= 4 is 0 Å². The van der Waals surface area contributed by atoms with E-state index in [4.69, 9.17) is 15.1 Å². The van der Waals surface area contributed by atoms with E-state index >= 15 is 0 Å². The smallest absolute Gasteiger partial charge is 0.0667 e. The van der Waals surface area contributed by atoms with Crippen LogP contribution in [0.4, 0.5) is 0 Å². The summed E-state index contributed by atoms with van der Waals surface area (Å²) in [4.78, 5) is -0.375. The molecule has 0 aromatic carbocycles. The van der Waals surface area contributed by atoms with Gasteiger partial charge in [-0.3, -0.25) is 0 Å². The maximum Gasteiger partial charge on any atom is 0.0667 e. The standard InChI is InChI=1S/C7H15NO/c1-6(9)7-4-3-5-8(7)2/h6-7,9H,3-5H2,1-2H3/i2D3,3D2,4D2,5D2,6D,7D. The summed E-state index contributed by atoms with van der Waals surface area (Å²) >= 11 is 0. The Morgan fingerprint density at radius 3 is 3.44 bits per heavy atom. The number of likely N-dealkylation sites (tertiary alicyclic amines) is 1. The molecule has 9 heavy (non-hydrogen) atoms. The van der Waals surface area contributed by atoms with Crippen molar-refractivity contribution in [1.29, 1.82) is 0 Å². The van der Waals surface area contributed by atoms with Crippen molar-refractivity contribution in [2.24, 2.45) is 0 Å². The number of hydrogen-bond acceptors (Lipinski definition) is 2. The molecule has 1 N–H and O–H groups in total. The quantitative estimate of drug-likeness (QED) is 0.572. The van der Waals surface area contributed by atoms with Gasteiger partial charge in [-0.1, -0.05) is 0 Å². The summed E-state index contributed by atoms with van der Waals surface area (Å²) in [7, 11) is 0. The average Bonchev–Trinajstić information content (AvgIpc) is 2.18. The van der Waals surface area contributed by atoms with Crippen molar-refractivity contribution in [3.63, 3.8) is 0 Å². The molecule has 2 nitrogen and oxygen atoms in total. The van der Waals surface area contributed by atoms with Crippen LogP contribution in [0.2, 0.25) is 0 Å². The molecule has 2 heteroatoms. The van der Waals surface area contributed by atoms with Gasteiger partial charge in [0, 0.05) is 19.7 Å². The summed E-state index contributed by atoms with van der Waals surface area (Å²) in [5.74, 6) is 0. The van der Waals surface area contributed by atoms with Crippen LogP contribution in [0.25, 0.3) is 0 Å². The highest BCUT2D eigenvalue weighted by Crippen LogP contribution is 2.17. The van der Waals surface area contributed by atoms with Crippen LogP contribution >= 0.6 is 0 Å². The summed E-state index contributed by atoms with van der Waals surface area (Å²) in [6.07, 6.45) is -9.97. The minimum absolute atomic E-state index is 0.375. The normalized spacial score (nSPS) is 80.9. The van der Waals surface area contributed by atoms with Gasteiger partial charge >= 0.3 is 0 Å². The zero-order valence-electron chi connectivity index (χ0n) is 15.9. The van der Waals surface area contributed by atoms with Gasteiger partial charge in [0.1, 0.15) is 0 Å². The molecule has 0 aromatic rings. The van der Waals surface area contributed by atoms with Crippen LogP contribution in [-0.2, 0) is 0 Å². The molecule has 1 saturated heterocycles. The Labute approximate surface area is 71.9 Å². The van der Waals surface area contributed by atoms with Crippen molar-refractivity contribution in [2.45, 2.75) is 31.8 Å². The second kappa shape index (κ2) is 2.67. The Kier molecular flexibility index (Phi) is 0.418. The lowest BCUT2D eigenvalue weighted by Gasteiger charge is -2.21. The van der Waals surface area contributed by atoms with E-state index in [2.05, 4.69) is 0 Å². The number of rotatable bonds is 1. The number of hydrogen-bond donors (Lipinski definition) is 1. The number of nitrogens with zero attached hydrogens (tertiary/aromatic N) is 1. The molecule has 0 aliphatic carbocycles. The second-order valence-electron chi connectivity index (χ2n) is 1.63. The molecular formula is C7H15NO. The van der Waals surface area contributed by atoms with Gasteiger partial charge in [-0.05, 0) is 33.1 Å². The molecule has 0 bridgehead atoms. The van der Waals surface area contributed by atoms with Crippen LogP contribution < -0.4 is 0 Å². The fraction of sp³-hybridized carbons (Fsp3) is 1.00. The molecule has 1 fully saturated rings. The lowest BCUT2D eigenvalue weighted by molar-refractivity contribution is 0.101. The van der Waals surface area contributed by atoms with E-state index in [1.54, 1.807) is 0 Å². The molecule has 0 spiro atoms. The predicted molar refractivity (Wildman–Crippen MR) is 37.3 cm³/mol. The summed E-state index contributed by atoms with van der Waals surface area (Å²) in [6.45, 7) is -6.23. The molecule has 54 valence electrons. The van der Waals surface area contributed by atoms with Gasteiger partial charge in [0.15, 0.2) is 0 Å². The Morgan fingerprint density at radius 2 is 3.00 bits per heavy atom. The highest BCUT2D eigenvalue weighted by atomic mass is 16.3. The molecular weight excluding hydrogens is 114 g/mol. The van der Waals surface area contributed by atoms with Crippen molar-refractivity contribution < 1.29 is 20.2 Å². The maximum absolute atomic E-state index is 9.72. The van der Waals surface area contributed by atoms with Crippen molar-refractivity contribution in [2.75, 3.05) is 13.5 Å². The number of likely N-dealkylation sites (N-methyl/N-ethyl adjacent to an activating group) is 1. The van der Waals surface area contributed by atoms with Crippen LogP contribution in [0.15, 0.2) is 0 Å². The van der Waals surface area contributed by atoms with E-state index in [9.17, 15) is 5.11 Å². The second-order valence-corrected chi connectivity index (χ2v) is 1.63. The van der Waals surface area contributed by atoms with Gasteiger partial charge in [0.2, 0.25) is 0 Å². The molecule has 1 aliphatic heterocycles. The Hall–Kier alpha value is -0.0800. The van der Waals surface area contributed by atoms with Crippen LogP contribution in [0.5, 0.6) is 0 Å². The van der Waals surface area contributed by atoms with E-state index < -0.39 is 38.3 Å². The van der Waals surface area contributed by atoms with E-state index in [-0.39, 0.29) is 4.90 Å². The molecule has 1 heterocycles. The predicted octanol–water partition coefficient (Wildman–Crippen LogP) is 0.461. The summed E-state index contributed by atoms with van der Waals surface area (Å²) < 4.78 is 82.7. The fourth-order valence-corrected chi connectivity index (χ4v) is 0.507. The topological polar surface area (TPSA) is 23.5 Å². The average molecular weight is 140 g/mol.